The zero-order chi connectivity index (χ0) is 12.1. The van der Waals surface area contributed by atoms with Crippen molar-refractivity contribution in [2.24, 2.45) is 5.92 Å². The van der Waals surface area contributed by atoms with Crippen molar-refractivity contribution in [1.29, 1.82) is 5.26 Å². The molecule has 2 nitrogen and oxygen atoms in total. The van der Waals surface area contributed by atoms with Gasteiger partial charge in [0.2, 0.25) is 0 Å². The van der Waals surface area contributed by atoms with Crippen molar-refractivity contribution < 1.29 is 4.79 Å². The van der Waals surface area contributed by atoms with Crippen molar-refractivity contribution in [2.45, 2.75) is 26.7 Å². The van der Waals surface area contributed by atoms with Gasteiger partial charge in [0.05, 0.1) is 12.5 Å². The summed E-state index contributed by atoms with van der Waals surface area (Å²) in [5.74, 6) is 0.438. The number of hydrogen-bond donors (Lipinski definition) is 0. The van der Waals surface area contributed by atoms with E-state index in [-0.39, 0.29) is 12.2 Å². The number of carbonyl (C=O) groups is 1. The van der Waals surface area contributed by atoms with E-state index in [9.17, 15) is 4.79 Å². The van der Waals surface area contributed by atoms with Crippen LogP contribution in [0.4, 0.5) is 0 Å². The standard InChI is InChI=1S/C13H14ClNO/c1-9(2)7-13(16)11-3-4-12(14)10(8-11)5-6-15/h3-4,8-9H,5,7H2,1-2H3. The molecule has 1 rings (SSSR count). The third kappa shape index (κ3) is 3.36. The molecule has 0 fully saturated rings. The van der Waals surface area contributed by atoms with Crippen LogP contribution in [0.15, 0.2) is 18.2 Å². The molecule has 0 heterocycles. The minimum atomic E-state index is 0.103. The molecule has 0 spiro atoms. The quantitative estimate of drug-likeness (QED) is 0.748. The van der Waals surface area contributed by atoms with E-state index in [1.807, 2.05) is 19.9 Å². The van der Waals surface area contributed by atoms with Crippen LogP contribution < -0.4 is 0 Å². The van der Waals surface area contributed by atoms with Crippen molar-refractivity contribution in [1.82, 2.24) is 0 Å². The highest BCUT2D eigenvalue weighted by atomic mass is 35.5. The first-order valence-corrected chi connectivity index (χ1v) is 5.61. The van der Waals surface area contributed by atoms with Gasteiger partial charge in [-0.25, -0.2) is 0 Å². The summed E-state index contributed by atoms with van der Waals surface area (Å²) in [4.78, 5) is 11.8. The molecule has 0 radical (unpaired) electrons. The van der Waals surface area contributed by atoms with Gasteiger partial charge in [-0.3, -0.25) is 4.79 Å². The van der Waals surface area contributed by atoms with E-state index in [1.54, 1.807) is 18.2 Å². The van der Waals surface area contributed by atoms with Crippen molar-refractivity contribution >= 4 is 17.4 Å². The number of halogens is 1. The second-order valence-electron chi connectivity index (χ2n) is 4.16. The Morgan fingerprint density at radius 1 is 1.50 bits per heavy atom. The molecule has 84 valence electrons. The Balaban J connectivity index is 2.94. The molecule has 3 heteroatoms. The maximum absolute atomic E-state index is 11.8. The molecule has 0 unspecified atom stereocenters. The molecule has 0 aromatic heterocycles. The third-order valence-corrected chi connectivity index (χ3v) is 2.60. The van der Waals surface area contributed by atoms with Gasteiger partial charge in [-0.2, -0.15) is 5.26 Å². The summed E-state index contributed by atoms with van der Waals surface area (Å²) in [5, 5.41) is 9.17. The number of carbonyl (C=O) groups excluding carboxylic acids is 1. The molecule has 1 aromatic carbocycles. The van der Waals surface area contributed by atoms with E-state index in [0.29, 0.717) is 22.9 Å². The number of rotatable bonds is 4. The number of Topliss-reactive ketones (excluding diaryl/α,β-unsaturated/α-hetero) is 1. The Morgan fingerprint density at radius 2 is 2.19 bits per heavy atom. The first kappa shape index (κ1) is 12.7. The largest absolute Gasteiger partial charge is 0.294 e. The van der Waals surface area contributed by atoms with Crippen LogP contribution in [0, 0.1) is 17.2 Å². The van der Waals surface area contributed by atoms with Crippen molar-refractivity contribution in [2.75, 3.05) is 0 Å². The lowest BCUT2D eigenvalue weighted by Gasteiger charge is -2.06. The summed E-state index contributed by atoms with van der Waals surface area (Å²) in [6.45, 7) is 4.01. The first-order valence-electron chi connectivity index (χ1n) is 5.23. The molecular weight excluding hydrogens is 222 g/mol. The van der Waals surface area contributed by atoms with Crippen molar-refractivity contribution in [3.63, 3.8) is 0 Å². The van der Waals surface area contributed by atoms with E-state index in [1.165, 1.54) is 0 Å². The lowest BCUT2D eigenvalue weighted by molar-refractivity contribution is 0.0968. The van der Waals surface area contributed by atoms with Crippen LogP contribution in [0.5, 0.6) is 0 Å². The molecule has 0 N–H and O–H groups in total. The van der Waals surface area contributed by atoms with Crippen LogP contribution in [0.2, 0.25) is 5.02 Å². The molecule has 0 bridgehead atoms. The summed E-state index contributed by atoms with van der Waals surface area (Å²) in [5.41, 5.74) is 1.36. The number of nitrogens with zero attached hydrogens (tertiary/aromatic N) is 1. The summed E-state index contributed by atoms with van der Waals surface area (Å²) >= 11 is 5.92. The molecule has 0 saturated carbocycles. The molecule has 0 atom stereocenters. The monoisotopic (exact) mass is 235 g/mol. The first-order chi connectivity index (χ1) is 7.54. The van der Waals surface area contributed by atoms with Crippen LogP contribution in [-0.4, -0.2) is 5.78 Å². The second kappa shape index (κ2) is 5.67. The second-order valence-corrected chi connectivity index (χ2v) is 4.57. The highest BCUT2D eigenvalue weighted by molar-refractivity contribution is 6.31. The predicted molar refractivity (Wildman–Crippen MR) is 64.6 cm³/mol. The topological polar surface area (TPSA) is 40.9 Å². The molecule has 0 aliphatic heterocycles. The van der Waals surface area contributed by atoms with Gasteiger partial charge in [-0.15, -0.1) is 0 Å². The molecule has 0 aliphatic rings. The van der Waals surface area contributed by atoms with Gasteiger partial charge < -0.3 is 0 Å². The average Bonchev–Trinajstić information content (AvgIpc) is 2.20. The Labute approximate surface area is 101 Å². The van der Waals surface area contributed by atoms with Gasteiger partial charge in [0.15, 0.2) is 5.78 Å². The van der Waals surface area contributed by atoms with E-state index in [2.05, 4.69) is 0 Å². The van der Waals surface area contributed by atoms with E-state index in [4.69, 9.17) is 16.9 Å². The number of benzene rings is 1. The highest BCUT2D eigenvalue weighted by Crippen LogP contribution is 2.19. The molecule has 0 saturated heterocycles. The average molecular weight is 236 g/mol. The molecular formula is C13H14ClNO. The van der Waals surface area contributed by atoms with E-state index < -0.39 is 0 Å². The fourth-order valence-electron chi connectivity index (χ4n) is 1.46. The highest BCUT2D eigenvalue weighted by Gasteiger charge is 2.10. The van der Waals surface area contributed by atoms with Gasteiger partial charge in [-0.05, 0) is 29.7 Å². The van der Waals surface area contributed by atoms with Crippen molar-refractivity contribution in [3.8, 4) is 6.07 Å². The SMILES string of the molecule is CC(C)CC(=O)c1ccc(Cl)c(CC#N)c1. The minimum Gasteiger partial charge on any atom is -0.294 e. The number of ketones is 1. The zero-order valence-electron chi connectivity index (χ0n) is 9.46. The smallest absolute Gasteiger partial charge is 0.163 e. The van der Waals surface area contributed by atoms with Crippen LogP contribution in [-0.2, 0) is 6.42 Å². The lowest BCUT2D eigenvalue weighted by Crippen LogP contribution is -2.04. The molecule has 0 amide bonds. The zero-order valence-corrected chi connectivity index (χ0v) is 10.2. The van der Waals surface area contributed by atoms with Crippen LogP contribution in [0.3, 0.4) is 0 Å². The summed E-state index contributed by atoms with van der Waals surface area (Å²) in [7, 11) is 0. The summed E-state index contributed by atoms with van der Waals surface area (Å²) < 4.78 is 0. The van der Waals surface area contributed by atoms with Gasteiger partial charge in [0, 0.05) is 17.0 Å². The Morgan fingerprint density at radius 3 is 2.75 bits per heavy atom. The fraction of sp³-hybridized carbons (Fsp3) is 0.385. The van der Waals surface area contributed by atoms with E-state index in [0.717, 1.165) is 5.56 Å². The fourth-order valence-corrected chi connectivity index (χ4v) is 1.64. The van der Waals surface area contributed by atoms with Crippen LogP contribution in [0.25, 0.3) is 0 Å². The Kier molecular flexibility index (Phi) is 4.52. The van der Waals surface area contributed by atoms with Gasteiger partial charge in [0.25, 0.3) is 0 Å². The molecule has 1 aromatic rings. The number of hydrogen-bond acceptors (Lipinski definition) is 2. The number of nitriles is 1. The van der Waals surface area contributed by atoms with Crippen molar-refractivity contribution in [3.05, 3.63) is 34.3 Å². The van der Waals surface area contributed by atoms with Gasteiger partial charge in [-0.1, -0.05) is 25.4 Å². The lowest BCUT2D eigenvalue weighted by atomic mass is 9.99. The summed E-state index contributed by atoms with van der Waals surface area (Å²) in [6, 6.07) is 7.15. The van der Waals surface area contributed by atoms with Gasteiger partial charge >= 0.3 is 0 Å². The molecule has 16 heavy (non-hydrogen) atoms. The normalized spacial score (nSPS) is 10.2. The molecule has 0 aliphatic carbocycles. The Bertz CT molecular complexity index is 432. The predicted octanol–water partition coefficient (Wildman–Crippen LogP) is 3.63. The minimum absolute atomic E-state index is 0.103. The summed E-state index contributed by atoms with van der Waals surface area (Å²) in [6.07, 6.45) is 0.759. The third-order valence-electron chi connectivity index (χ3n) is 2.23. The Hall–Kier alpha value is -1.33. The maximum atomic E-state index is 11.8. The van der Waals surface area contributed by atoms with Crippen LogP contribution in [0.1, 0.15) is 36.2 Å². The van der Waals surface area contributed by atoms with E-state index >= 15 is 0 Å². The van der Waals surface area contributed by atoms with Gasteiger partial charge in [0.1, 0.15) is 0 Å². The maximum Gasteiger partial charge on any atom is 0.163 e. The van der Waals surface area contributed by atoms with Crippen LogP contribution >= 0.6 is 11.6 Å².